The van der Waals surface area contributed by atoms with E-state index in [0.717, 1.165) is 16.7 Å². The zero-order chi connectivity index (χ0) is 20.0. The zero-order valence-corrected chi connectivity index (χ0v) is 16.4. The lowest BCUT2D eigenvalue weighted by atomic mass is 10.0. The van der Waals surface area contributed by atoms with Crippen LogP contribution >= 0.6 is 23.2 Å². The first-order chi connectivity index (χ1) is 13.4. The summed E-state index contributed by atoms with van der Waals surface area (Å²) in [6.45, 7) is 1.66. The largest absolute Gasteiger partial charge is 0.480 e. The average Bonchev–Trinajstić information content (AvgIpc) is 2.67. The molecule has 4 nitrogen and oxygen atoms in total. The number of fused-ring (bicyclic) bond motifs is 2. The van der Waals surface area contributed by atoms with Crippen LogP contribution in [0.4, 0.5) is 0 Å². The van der Waals surface area contributed by atoms with Gasteiger partial charge in [0.15, 0.2) is 5.43 Å². The summed E-state index contributed by atoms with van der Waals surface area (Å²) in [6.07, 6.45) is 0. The molecule has 1 heterocycles. The Morgan fingerprint density at radius 3 is 2.29 bits per heavy atom. The molecule has 0 unspecified atom stereocenters. The molecule has 6 heteroatoms. The summed E-state index contributed by atoms with van der Waals surface area (Å²) >= 11 is 12.5. The fraction of sp³-hybridized carbons (Fsp3) is 0.0909. The van der Waals surface area contributed by atoms with Crippen molar-refractivity contribution < 1.29 is 9.90 Å². The van der Waals surface area contributed by atoms with Gasteiger partial charge < -0.3 is 9.67 Å². The Morgan fingerprint density at radius 2 is 1.61 bits per heavy atom. The average molecular weight is 412 g/mol. The van der Waals surface area contributed by atoms with Crippen molar-refractivity contribution in [3.05, 3.63) is 80.4 Å². The molecule has 0 aliphatic heterocycles. The predicted octanol–water partition coefficient (Wildman–Crippen LogP) is 5.52. The molecule has 4 aromatic rings. The standard InChI is InChI=1S/C22H15Cl2NO3/c1-12-2-4-13(5-3-12)14-6-7-15-18(10-14)25(11-19(26)27)21-16(22(15)28)8-9-17(23)20(21)24/h2-10H,11H2,1H3,(H,26,27). The molecule has 0 bridgehead atoms. The van der Waals surface area contributed by atoms with Crippen LogP contribution in [0.5, 0.6) is 0 Å². The third kappa shape index (κ3) is 3.05. The fourth-order valence-corrected chi connectivity index (χ4v) is 3.84. The van der Waals surface area contributed by atoms with Gasteiger partial charge in [0.1, 0.15) is 6.54 Å². The Kier molecular flexibility index (Phi) is 4.61. The molecule has 0 radical (unpaired) electrons. The molecule has 0 saturated carbocycles. The molecule has 140 valence electrons. The lowest BCUT2D eigenvalue weighted by Crippen LogP contribution is -2.16. The van der Waals surface area contributed by atoms with Crippen molar-refractivity contribution in [2.24, 2.45) is 0 Å². The smallest absolute Gasteiger partial charge is 0.323 e. The summed E-state index contributed by atoms with van der Waals surface area (Å²) in [7, 11) is 0. The first kappa shape index (κ1) is 18.5. The van der Waals surface area contributed by atoms with Crippen LogP contribution in [-0.4, -0.2) is 15.6 Å². The van der Waals surface area contributed by atoms with Crippen LogP contribution in [0.3, 0.4) is 0 Å². The van der Waals surface area contributed by atoms with Crippen molar-refractivity contribution in [3.8, 4) is 11.1 Å². The van der Waals surface area contributed by atoms with Gasteiger partial charge in [-0.25, -0.2) is 0 Å². The molecule has 0 fully saturated rings. The summed E-state index contributed by atoms with van der Waals surface area (Å²) in [5.74, 6) is -1.04. The highest BCUT2D eigenvalue weighted by Crippen LogP contribution is 2.33. The normalized spacial score (nSPS) is 11.2. The van der Waals surface area contributed by atoms with E-state index in [0.29, 0.717) is 21.8 Å². The van der Waals surface area contributed by atoms with E-state index in [1.165, 1.54) is 0 Å². The molecule has 0 spiro atoms. The Morgan fingerprint density at radius 1 is 0.964 bits per heavy atom. The van der Waals surface area contributed by atoms with Crippen LogP contribution in [-0.2, 0) is 11.3 Å². The molecule has 0 atom stereocenters. The first-order valence-corrected chi connectivity index (χ1v) is 9.35. The first-order valence-electron chi connectivity index (χ1n) is 8.60. The highest BCUT2D eigenvalue weighted by molar-refractivity contribution is 6.45. The van der Waals surface area contributed by atoms with E-state index < -0.39 is 5.97 Å². The van der Waals surface area contributed by atoms with Gasteiger partial charge in [-0.05, 0) is 42.3 Å². The minimum absolute atomic E-state index is 0.167. The number of aryl methyl sites for hydroxylation is 1. The van der Waals surface area contributed by atoms with E-state index >= 15 is 0 Å². The van der Waals surface area contributed by atoms with E-state index in [9.17, 15) is 14.7 Å². The molecule has 1 aromatic heterocycles. The molecule has 28 heavy (non-hydrogen) atoms. The minimum atomic E-state index is -1.04. The van der Waals surface area contributed by atoms with Crippen LogP contribution in [0.25, 0.3) is 32.9 Å². The molecule has 0 aliphatic rings. The topological polar surface area (TPSA) is 59.3 Å². The van der Waals surface area contributed by atoms with Gasteiger partial charge in [0.25, 0.3) is 0 Å². The Hall–Kier alpha value is -2.82. The Bertz CT molecular complexity index is 1310. The molecule has 4 rings (SSSR count). The summed E-state index contributed by atoms with van der Waals surface area (Å²) in [5, 5.41) is 10.7. The van der Waals surface area contributed by atoms with Crippen LogP contribution < -0.4 is 5.43 Å². The number of rotatable bonds is 3. The number of carboxylic acid groups (broad SMARTS) is 1. The number of hydrogen-bond donors (Lipinski definition) is 1. The van der Waals surface area contributed by atoms with Crippen molar-refractivity contribution in [2.75, 3.05) is 0 Å². The highest BCUT2D eigenvalue weighted by Gasteiger charge is 2.17. The maximum Gasteiger partial charge on any atom is 0.323 e. The van der Waals surface area contributed by atoms with Crippen molar-refractivity contribution in [2.45, 2.75) is 13.5 Å². The molecule has 3 aromatic carbocycles. The second-order valence-electron chi connectivity index (χ2n) is 6.66. The fourth-order valence-electron chi connectivity index (χ4n) is 3.42. The van der Waals surface area contributed by atoms with E-state index in [1.807, 2.05) is 43.3 Å². The molecule has 1 N–H and O–H groups in total. The van der Waals surface area contributed by atoms with E-state index in [1.54, 1.807) is 22.8 Å². The van der Waals surface area contributed by atoms with E-state index in [4.69, 9.17) is 23.2 Å². The number of aliphatic carboxylic acids is 1. The van der Waals surface area contributed by atoms with Crippen LogP contribution in [0, 0.1) is 6.92 Å². The molecule has 0 amide bonds. The Labute approximate surface area is 170 Å². The number of benzene rings is 3. The van der Waals surface area contributed by atoms with Crippen LogP contribution in [0.1, 0.15) is 5.56 Å². The second kappa shape index (κ2) is 6.97. The minimum Gasteiger partial charge on any atom is -0.480 e. The second-order valence-corrected chi connectivity index (χ2v) is 7.45. The maximum absolute atomic E-state index is 13.0. The monoisotopic (exact) mass is 411 g/mol. The van der Waals surface area contributed by atoms with Gasteiger partial charge in [0.2, 0.25) is 0 Å². The number of carboxylic acids is 1. The van der Waals surface area contributed by atoms with Crippen molar-refractivity contribution in [3.63, 3.8) is 0 Å². The summed E-state index contributed by atoms with van der Waals surface area (Å²) in [5.41, 5.74) is 3.61. The van der Waals surface area contributed by atoms with Gasteiger partial charge in [-0.1, -0.05) is 59.1 Å². The van der Waals surface area contributed by atoms with Gasteiger partial charge in [-0.15, -0.1) is 0 Å². The molecule has 0 aliphatic carbocycles. The summed E-state index contributed by atoms with van der Waals surface area (Å²) < 4.78 is 1.54. The van der Waals surface area contributed by atoms with Gasteiger partial charge in [0, 0.05) is 10.8 Å². The van der Waals surface area contributed by atoms with Crippen LogP contribution in [0.15, 0.2) is 59.4 Å². The Balaban J connectivity index is 2.13. The number of halogens is 2. The number of pyridine rings is 1. The molecular formula is C22H15Cl2NO3. The maximum atomic E-state index is 13.0. The summed E-state index contributed by atoms with van der Waals surface area (Å²) in [6, 6.07) is 16.5. The molecular weight excluding hydrogens is 397 g/mol. The lowest BCUT2D eigenvalue weighted by molar-refractivity contribution is -0.137. The highest BCUT2D eigenvalue weighted by atomic mass is 35.5. The molecule has 0 saturated heterocycles. The lowest BCUT2D eigenvalue weighted by Gasteiger charge is -2.16. The number of aromatic nitrogens is 1. The quantitative estimate of drug-likeness (QED) is 0.451. The van der Waals surface area contributed by atoms with E-state index in [2.05, 4.69) is 0 Å². The zero-order valence-electron chi connectivity index (χ0n) is 14.9. The number of nitrogens with zero attached hydrogens (tertiary/aromatic N) is 1. The van der Waals surface area contributed by atoms with Gasteiger partial charge >= 0.3 is 5.97 Å². The SMILES string of the molecule is Cc1ccc(-c2ccc3c(=O)c4ccc(Cl)c(Cl)c4n(CC(=O)O)c3c2)cc1. The number of hydrogen-bond acceptors (Lipinski definition) is 2. The van der Waals surface area contributed by atoms with Crippen molar-refractivity contribution in [1.29, 1.82) is 0 Å². The van der Waals surface area contributed by atoms with Crippen molar-refractivity contribution in [1.82, 2.24) is 4.57 Å². The number of carbonyl (C=O) groups is 1. The third-order valence-electron chi connectivity index (χ3n) is 4.80. The van der Waals surface area contributed by atoms with E-state index in [-0.39, 0.29) is 22.0 Å². The van der Waals surface area contributed by atoms with Gasteiger partial charge in [0.05, 0.1) is 21.1 Å². The van der Waals surface area contributed by atoms with Crippen LogP contribution in [0.2, 0.25) is 10.0 Å². The van der Waals surface area contributed by atoms with Gasteiger partial charge in [-0.2, -0.15) is 0 Å². The summed E-state index contributed by atoms with van der Waals surface area (Å²) in [4.78, 5) is 24.6. The predicted molar refractivity (Wildman–Crippen MR) is 114 cm³/mol. The van der Waals surface area contributed by atoms with Gasteiger partial charge in [-0.3, -0.25) is 9.59 Å². The third-order valence-corrected chi connectivity index (χ3v) is 5.59. The van der Waals surface area contributed by atoms with Crippen molar-refractivity contribution >= 4 is 51.0 Å².